The number of rotatable bonds is 7. The lowest BCUT2D eigenvalue weighted by Gasteiger charge is -2.10. The fraction of sp³-hybridized carbons (Fsp3) is 0.154. The van der Waals surface area contributed by atoms with Crippen molar-refractivity contribution in [2.45, 2.75) is 26.6 Å². The number of nitriles is 2. The van der Waals surface area contributed by atoms with Crippen LogP contribution in [0.3, 0.4) is 0 Å². The predicted molar refractivity (Wildman–Crippen MR) is 119 cm³/mol. The summed E-state index contributed by atoms with van der Waals surface area (Å²) in [5, 5.41) is 18.4. The molecule has 0 unspecified atom stereocenters. The average Bonchev–Trinajstić information content (AvgIpc) is 2.82. The molecule has 0 heterocycles. The molecule has 0 atom stereocenters. The number of hydrogen-bond donors (Lipinski definition) is 0. The Morgan fingerprint density at radius 3 is 2.09 bits per heavy atom. The maximum Gasteiger partial charge on any atom is 0.338 e. The highest BCUT2D eigenvalue weighted by molar-refractivity contribution is 5.90. The highest BCUT2D eigenvalue weighted by Crippen LogP contribution is 2.27. The number of hydrogen-bond acceptors (Lipinski definition) is 7. The summed E-state index contributed by atoms with van der Waals surface area (Å²) >= 11 is 0. The fourth-order valence-electron chi connectivity index (χ4n) is 2.86. The number of ether oxygens (including phenoxy) is 3. The molecule has 3 rings (SSSR count). The van der Waals surface area contributed by atoms with Crippen LogP contribution in [0.2, 0.25) is 0 Å². The summed E-state index contributed by atoms with van der Waals surface area (Å²) < 4.78 is 16.2. The standard InChI is InChI=1S/C26H20N2O5/c1-17(2)32-26(30)20-8-6-18(7-9-20)16-31-25(29)19-10-12-22(13-11-19)33-24-5-3-4-21(14-27)23(24)15-28/h3-13,17H,16H2,1-2H3. The van der Waals surface area contributed by atoms with Crippen LogP contribution in [0, 0.1) is 22.7 Å². The van der Waals surface area contributed by atoms with Crippen molar-refractivity contribution in [1.82, 2.24) is 0 Å². The van der Waals surface area contributed by atoms with E-state index in [-0.39, 0.29) is 29.6 Å². The van der Waals surface area contributed by atoms with E-state index in [0.29, 0.717) is 16.9 Å². The minimum Gasteiger partial charge on any atom is -0.459 e. The summed E-state index contributed by atoms with van der Waals surface area (Å²) in [7, 11) is 0. The molecular formula is C26H20N2O5. The topological polar surface area (TPSA) is 109 Å². The maximum absolute atomic E-state index is 12.4. The highest BCUT2D eigenvalue weighted by atomic mass is 16.5. The van der Waals surface area contributed by atoms with Crippen LogP contribution in [-0.2, 0) is 16.1 Å². The molecule has 0 N–H and O–H groups in total. The van der Waals surface area contributed by atoms with Crippen molar-refractivity contribution >= 4 is 11.9 Å². The van der Waals surface area contributed by atoms with Gasteiger partial charge in [-0.2, -0.15) is 10.5 Å². The molecule has 0 bridgehead atoms. The summed E-state index contributed by atoms with van der Waals surface area (Å²) in [6.07, 6.45) is -0.203. The molecular weight excluding hydrogens is 420 g/mol. The van der Waals surface area contributed by atoms with Gasteiger partial charge >= 0.3 is 11.9 Å². The maximum atomic E-state index is 12.4. The van der Waals surface area contributed by atoms with Gasteiger partial charge in [0.2, 0.25) is 0 Å². The van der Waals surface area contributed by atoms with Crippen molar-refractivity contribution in [2.24, 2.45) is 0 Å². The Balaban J connectivity index is 1.60. The molecule has 3 aromatic rings. The molecule has 3 aromatic carbocycles. The van der Waals surface area contributed by atoms with Gasteiger partial charge in [-0.1, -0.05) is 18.2 Å². The van der Waals surface area contributed by atoms with Crippen LogP contribution in [0.5, 0.6) is 11.5 Å². The molecule has 0 aromatic heterocycles. The fourth-order valence-corrected chi connectivity index (χ4v) is 2.86. The molecule has 0 aliphatic heterocycles. The van der Waals surface area contributed by atoms with Gasteiger partial charge in [0.15, 0.2) is 0 Å². The minimum atomic E-state index is -0.519. The highest BCUT2D eigenvalue weighted by Gasteiger charge is 2.12. The largest absolute Gasteiger partial charge is 0.459 e. The summed E-state index contributed by atoms with van der Waals surface area (Å²) in [4.78, 5) is 24.2. The first-order valence-corrected chi connectivity index (χ1v) is 10.1. The zero-order valence-electron chi connectivity index (χ0n) is 18.1. The quantitative estimate of drug-likeness (QED) is 0.468. The molecule has 7 nitrogen and oxygen atoms in total. The second-order valence-corrected chi connectivity index (χ2v) is 7.26. The first-order chi connectivity index (χ1) is 15.9. The lowest BCUT2D eigenvalue weighted by atomic mass is 10.1. The number of benzene rings is 3. The van der Waals surface area contributed by atoms with E-state index in [0.717, 1.165) is 5.56 Å². The Labute approximate surface area is 191 Å². The third-order valence-corrected chi connectivity index (χ3v) is 4.48. The SMILES string of the molecule is CC(C)OC(=O)c1ccc(COC(=O)c2ccc(Oc3cccc(C#N)c3C#N)cc2)cc1. The van der Waals surface area contributed by atoms with Crippen molar-refractivity contribution in [3.05, 3.63) is 94.5 Å². The molecule has 164 valence electrons. The molecule has 0 saturated carbocycles. The summed E-state index contributed by atoms with van der Waals surface area (Å²) in [5.41, 5.74) is 1.85. The second-order valence-electron chi connectivity index (χ2n) is 7.26. The van der Waals surface area contributed by atoms with Gasteiger partial charge in [0.25, 0.3) is 0 Å². The molecule has 7 heteroatoms. The predicted octanol–water partition coefficient (Wildman–Crippen LogP) is 5.14. The Morgan fingerprint density at radius 1 is 0.848 bits per heavy atom. The van der Waals surface area contributed by atoms with Gasteiger partial charge in [-0.15, -0.1) is 0 Å². The van der Waals surface area contributed by atoms with E-state index in [2.05, 4.69) is 0 Å². The lowest BCUT2D eigenvalue weighted by molar-refractivity contribution is 0.0376. The van der Waals surface area contributed by atoms with E-state index in [1.165, 1.54) is 6.07 Å². The Hall–Kier alpha value is -4.62. The van der Waals surface area contributed by atoms with Crippen LogP contribution in [0.1, 0.15) is 51.3 Å². The molecule has 0 aliphatic rings. The third kappa shape index (κ3) is 5.96. The van der Waals surface area contributed by atoms with Crippen molar-refractivity contribution in [2.75, 3.05) is 0 Å². The van der Waals surface area contributed by atoms with E-state index >= 15 is 0 Å². The van der Waals surface area contributed by atoms with Crippen molar-refractivity contribution in [3.63, 3.8) is 0 Å². The van der Waals surface area contributed by atoms with Gasteiger partial charge in [0.05, 0.1) is 22.8 Å². The first-order valence-electron chi connectivity index (χ1n) is 10.1. The number of carbonyl (C=O) groups is 2. The smallest absolute Gasteiger partial charge is 0.338 e. The Kier molecular flexibility index (Phi) is 7.41. The third-order valence-electron chi connectivity index (χ3n) is 4.48. The second kappa shape index (κ2) is 10.6. The van der Waals surface area contributed by atoms with Gasteiger partial charge in [0.1, 0.15) is 35.8 Å². The molecule has 0 radical (unpaired) electrons. The van der Waals surface area contributed by atoms with Crippen LogP contribution in [-0.4, -0.2) is 18.0 Å². The van der Waals surface area contributed by atoms with Crippen LogP contribution >= 0.6 is 0 Å². The Bertz CT molecular complexity index is 1230. The van der Waals surface area contributed by atoms with Crippen LogP contribution in [0.25, 0.3) is 0 Å². The van der Waals surface area contributed by atoms with Crippen LogP contribution in [0.15, 0.2) is 66.7 Å². The van der Waals surface area contributed by atoms with Gasteiger partial charge in [-0.05, 0) is 67.9 Å². The zero-order chi connectivity index (χ0) is 23.8. The monoisotopic (exact) mass is 440 g/mol. The van der Waals surface area contributed by atoms with Crippen LogP contribution < -0.4 is 4.74 Å². The van der Waals surface area contributed by atoms with Crippen molar-refractivity contribution < 1.29 is 23.8 Å². The van der Waals surface area contributed by atoms with Crippen molar-refractivity contribution in [3.8, 4) is 23.6 Å². The van der Waals surface area contributed by atoms with Gasteiger partial charge in [0, 0.05) is 0 Å². The molecule has 0 saturated heterocycles. The average molecular weight is 440 g/mol. The Morgan fingerprint density at radius 2 is 1.48 bits per heavy atom. The normalized spacial score (nSPS) is 10.1. The molecule has 0 aliphatic carbocycles. The van der Waals surface area contributed by atoms with Crippen molar-refractivity contribution in [1.29, 1.82) is 10.5 Å². The number of nitrogens with zero attached hydrogens (tertiary/aromatic N) is 2. The summed E-state index contributed by atoms with van der Waals surface area (Å²) in [6.45, 7) is 3.60. The van der Waals surface area contributed by atoms with Crippen LogP contribution in [0.4, 0.5) is 0 Å². The number of esters is 2. The summed E-state index contributed by atoms with van der Waals surface area (Å²) in [6, 6.07) is 21.6. The van der Waals surface area contributed by atoms with E-state index < -0.39 is 11.9 Å². The van der Waals surface area contributed by atoms with Gasteiger partial charge in [-0.25, -0.2) is 9.59 Å². The molecule has 0 fully saturated rings. The van der Waals surface area contributed by atoms with Gasteiger partial charge < -0.3 is 14.2 Å². The summed E-state index contributed by atoms with van der Waals surface area (Å²) in [5.74, 6) is -0.263. The van der Waals surface area contributed by atoms with E-state index in [4.69, 9.17) is 19.5 Å². The minimum absolute atomic E-state index is 0.0447. The number of carbonyl (C=O) groups excluding carboxylic acids is 2. The first kappa shape index (κ1) is 23.1. The van der Waals surface area contributed by atoms with Gasteiger partial charge in [-0.3, -0.25) is 0 Å². The van der Waals surface area contributed by atoms with E-state index in [9.17, 15) is 14.9 Å². The lowest BCUT2D eigenvalue weighted by Crippen LogP contribution is -2.11. The molecule has 0 amide bonds. The molecule has 0 spiro atoms. The van der Waals surface area contributed by atoms with E-state index in [1.54, 1.807) is 74.5 Å². The molecule has 33 heavy (non-hydrogen) atoms. The zero-order valence-corrected chi connectivity index (χ0v) is 18.1. The van der Waals surface area contributed by atoms with E-state index in [1.807, 2.05) is 12.1 Å².